The Kier molecular flexibility index (Phi) is 7.28. The maximum atomic E-state index is 6.48. The Morgan fingerprint density at radius 2 is 0.857 bits per heavy atom. The molecule has 0 saturated carbocycles. The lowest BCUT2D eigenvalue weighted by Crippen LogP contribution is -2.36. The van der Waals surface area contributed by atoms with Gasteiger partial charge in [-0.1, -0.05) is 133 Å². The number of para-hydroxylation sites is 5. The molecule has 0 unspecified atom stereocenters. The van der Waals surface area contributed by atoms with E-state index in [4.69, 9.17) is 4.74 Å². The predicted octanol–water partition coefficient (Wildman–Crippen LogP) is 15.9. The molecule has 3 nitrogen and oxygen atoms in total. The van der Waals surface area contributed by atoms with Crippen molar-refractivity contribution in [3.63, 3.8) is 0 Å². The number of nitrogens with zero attached hydrogens (tertiary/aromatic N) is 2. The molecule has 63 heavy (non-hydrogen) atoms. The van der Waals surface area contributed by atoms with Crippen molar-refractivity contribution >= 4 is 56.8 Å². The first-order valence-electron chi connectivity index (χ1n) is 21.5. The third kappa shape index (κ3) is 4.52. The molecule has 8 aromatic carbocycles. The van der Waals surface area contributed by atoms with Crippen molar-refractivity contribution in [2.45, 2.75) is 10.8 Å². The molecule has 4 heterocycles. The van der Waals surface area contributed by atoms with Gasteiger partial charge in [-0.25, -0.2) is 0 Å². The van der Waals surface area contributed by atoms with Crippen molar-refractivity contribution in [1.29, 1.82) is 0 Å². The summed E-state index contributed by atoms with van der Waals surface area (Å²) < 4.78 is 6.48. The quantitative estimate of drug-likeness (QED) is 0.176. The molecule has 0 saturated heterocycles. The normalized spacial score (nSPS) is 15.0. The molecule has 0 radical (unpaired) electrons. The highest BCUT2D eigenvalue weighted by molar-refractivity contribution is 7.21. The van der Waals surface area contributed by atoms with Gasteiger partial charge in [-0.15, -0.1) is 22.7 Å². The summed E-state index contributed by atoms with van der Waals surface area (Å²) in [6.45, 7) is 0. The third-order valence-corrected chi connectivity index (χ3v) is 15.9. The minimum atomic E-state index is -0.556. The largest absolute Gasteiger partial charge is 0.453 e. The van der Waals surface area contributed by atoms with E-state index in [9.17, 15) is 0 Å². The van der Waals surface area contributed by atoms with Crippen LogP contribution in [0.1, 0.15) is 44.5 Å². The van der Waals surface area contributed by atoms with Gasteiger partial charge in [0.1, 0.15) is 0 Å². The van der Waals surface area contributed by atoms with E-state index in [2.05, 4.69) is 215 Å². The minimum absolute atomic E-state index is 0.512. The maximum absolute atomic E-state index is 6.48. The van der Waals surface area contributed by atoms with Crippen LogP contribution in [-0.4, -0.2) is 0 Å². The molecular weight excluding hydrogens is 805 g/mol. The van der Waals surface area contributed by atoms with Crippen LogP contribution in [0.25, 0.3) is 20.9 Å². The molecule has 2 aliphatic heterocycles. The lowest BCUT2D eigenvalue weighted by atomic mass is 9.63. The number of hydrogen-bond acceptors (Lipinski definition) is 5. The van der Waals surface area contributed by atoms with E-state index in [1.807, 2.05) is 34.8 Å². The highest BCUT2D eigenvalue weighted by atomic mass is 32.1. The summed E-state index contributed by atoms with van der Waals surface area (Å²) in [7, 11) is 0. The van der Waals surface area contributed by atoms with Gasteiger partial charge in [-0.05, 0) is 139 Å². The molecular formula is C58H36N2OS2. The first kappa shape index (κ1) is 35.2. The average molecular weight is 841 g/mol. The van der Waals surface area contributed by atoms with E-state index in [0.717, 1.165) is 34.2 Å². The van der Waals surface area contributed by atoms with Gasteiger partial charge in [-0.3, -0.25) is 0 Å². The second-order valence-corrected chi connectivity index (χ2v) is 18.6. The second kappa shape index (κ2) is 13.0. The first-order chi connectivity index (χ1) is 31.3. The van der Waals surface area contributed by atoms with Crippen LogP contribution in [0, 0.1) is 0 Å². The average Bonchev–Trinajstić information content (AvgIpc) is 4.14. The van der Waals surface area contributed by atoms with Gasteiger partial charge in [0, 0.05) is 21.1 Å². The molecule has 0 N–H and O–H groups in total. The fourth-order valence-electron chi connectivity index (χ4n) is 11.5. The monoisotopic (exact) mass is 840 g/mol. The van der Waals surface area contributed by atoms with Crippen LogP contribution in [0.5, 0.6) is 11.5 Å². The SMILES string of the molecule is c1ccc(C2(c3ccccc3)c3ccccc3-c3cc4c(cc32)N(c2cccc(N3c5ccccc5Oc5ccccc53)c2)c2ccccc2C42c3ccsc3-c3sccc32)cc1. The topological polar surface area (TPSA) is 15.7 Å². The van der Waals surface area contributed by atoms with Gasteiger partial charge in [0.2, 0.25) is 0 Å². The highest BCUT2D eigenvalue weighted by Crippen LogP contribution is 2.68. The molecule has 10 aromatic rings. The number of thiophene rings is 2. The summed E-state index contributed by atoms with van der Waals surface area (Å²) >= 11 is 3.74. The first-order valence-corrected chi connectivity index (χ1v) is 23.2. The van der Waals surface area contributed by atoms with Crippen molar-refractivity contribution in [2.75, 3.05) is 9.80 Å². The van der Waals surface area contributed by atoms with Crippen LogP contribution < -0.4 is 14.5 Å². The van der Waals surface area contributed by atoms with Crippen molar-refractivity contribution < 1.29 is 4.74 Å². The Hall–Kier alpha value is -7.44. The molecule has 296 valence electrons. The van der Waals surface area contributed by atoms with E-state index in [-0.39, 0.29) is 0 Å². The van der Waals surface area contributed by atoms with Crippen LogP contribution in [-0.2, 0) is 10.8 Å². The summed E-state index contributed by atoms with van der Waals surface area (Å²) in [5.74, 6) is 1.68. The number of fused-ring (bicyclic) bond motifs is 14. The van der Waals surface area contributed by atoms with E-state index >= 15 is 0 Å². The molecule has 0 atom stereocenters. The molecule has 2 aliphatic carbocycles. The predicted molar refractivity (Wildman–Crippen MR) is 260 cm³/mol. The summed E-state index contributed by atoms with van der Waals surface area (Å²) in [5, 5.41) is 4.59. The number of ether oxygens (including phenoxy) is 1. The Morgan fingerprint density at radius 1 is 0.333 bits per heavy atom. The van der Waals surface area contributed by atoms with Gasteiger partial charge in [0.25, 0.3) is 0 Å². The molecule has 2 aromatic heterocycles. The van der Waals surface area contributed by atoms with E-state index < -0.39 is 10.8 Å². The standard InChI is InChI=1S/C58H36N2OS2/c1-3-16-37(17-4-1)57(38-18-5-2-6-19-38)43-23-8-7-22-41(43)42-35-48-52(36-47(42)57)59(49-25-10-9-24-44(49)58(48)45-30-32-62-55(45)56-46(58)31-33-63-56)39-20-15-21-40(34-39)60-50-26-11-13-28-53(50)61-54-29-14-12-27-51(54)60/h1-36H. The Labute approximate surface area is 374 Å². The van der Waals surface area contributed by atoms with Crippen LogP contribution >= 0.6 is 22.7 Å². The number of benzene rings is 8. The van der Waals surface area contributed by atoms with Crippen molar-refractivity contribution in [3.05, 3.63) is 262 Å². The molecule has 0 amide bonds. The molecule has 14 rings (SSSR count). The lowest BCUT2D eigenvalue weighted by Gasteiger charge is -2.45. The van der Waals surface area contributed by atoms with Crippen molar-refractivity contribution in [2.24, 2.45) is 0 Å². The number of hydrogen-bond donors (Lipinski definition) is 0. The smallest absolute Gasteiger partial charge is 0.151 e. The Bertz CT molecular complexity index is 3350. The number of rotatable bonds is 4. The molecule has 1 spiro atoms. The molecule has 4 aliphatic rings. The highest BCUT2D eigenvalue weighted by Gasteiger charge is 2.55. The zero-order valence-electron chi connectivity index (χ0n) is 33.9. The number of anilines is 6. The van der Waals surface area contributed by atoms with Gasteiger partial charge in [0.15, 0.2) is 11.5 Å². The fraction of sp³-hybridized carbons (Fsp3) is 0.0345. The van der Waals surface area contributed by atoms with E-state index in [1.54, 1.807) is 0 Å². The zero-order chi connectivity index (χ0) is 41.3. The van der Waals surface area contributed by atoms with Gasteiger partial charge in [-0.2, -0.15) is 0 Å². The lowest BCUT2D eigenvalue weighted by molar-refractivity contribution is 0.477. The van der Waals surface area contributed by atoms with Gasteiger partial charge < -0.3 is 14.5 Å². The van der Waals surface area contributed by atoms with Crippen molar-refractivity contribution in [1.82, 2.24) is 0 Å². The minimum Gasteiger partial charge on any atom is -0.453 e. The van der Waals surface area contributed by atoms with Gasteiger partial charge >= 0.3 is 0 Å². The van der Waals surface area contributed by atoms with Crippen LogP contribution in [0.2, 0.25) is 0 Å². The second-order valence-electron chi connectivity index (χ2n) is 16.8. The Balaban J connectivity index is 1.10. The fourth-order valence-corrected chi connectivity index (χ4v) is 13.6. The van der Waals surface area contributed by atoms with Crippen LogP contribution in [0.15, 0.2) is 217 Å². The Morgan fingerprint density at radius 3 is 1.49 bits per heavy atom. The van der Waals surface area contributed by atoms with Gasteiger partial charge in [0.05, 0.1) is 33.6 Å². The maximum Gasteiger partial charge on any atom is 0.151 e. The molecule has 5 heteroatoms. The zero-order valence-corrected chi connectivity index (χ0v) is 35.5. The van der Waals surface area contributed by atoms with E-state index in [1.165, 1.54) is 76.8 Å². The molecule has 0 bridgehead atoms. The summed E-state index contributed by atoms with van der Waals surface area (Å²) in [6, 6.07) is 76.3. The van der Waals surface area contributed by atoms with Crippen LogP contribution in [0.3, 0.4) is 0 Å². The summed E-state index contributed by atoms with van der Waals surface area (Å²) in [6.07, 6.45) is 0. The summed E-state index contributed by atoms with van der Waals surface area (Å²) in [5.41, 5.74) is 18.5. The summed E-state index contributed by atoms with van der Waals surface area (Å²) in [4.78, 5) is 7.66. The third-order valence-electron chi connectivity index (χ3n) is 13.9. The van der Waals surface area contributed by atoms with Crippen LogP contribution in [0.4, 0.5) is 34.1 Å². The molecule has 0 fully saturated rings. The van der Waals surface area contributed by atoms with E-state index in [0.29, 0.717) is 0 Å². The van der Waals surface area contributed by atoms with Crippen molar-refractivity contribution in [3.8, 4) is 32.4 Å².